The van der Waals surface area contributed by atoms with E-state index in [0.29, 0.717) is 28.0 Å². The van der Waals surface area contributed by atoms with Crippen LogP contribution in [0.3, 0.4) is 0 Å². The van der Waals surface area contributed by atoms with E-state index in [4.69, 9.17) is 4.74 Å². The molecule has 2 heterocycles. The number of nitrogens with zero attached hydrogens (tertiary/aromatic N) is 2. The maximum absolute atomic E-state index is 13.0. The summed E-state index contributed by atoms with van der Waals surface area (Å²) in [5.41, 5.74) is 1.27. The van der Waals surface area contributed by atoms with Gasteiger partial charge < -0.3 is 9.64 Å². The maximum atomic E-state index is 13.0. The lowest BCUT2D eigenvalue weighted by Crippen LogP contribution is -2.41. The second-order valence-corrected chi connectivity index (χ2v) is 7.60. The third-order valence-corrected chi connectivity index (χ3v) is 5.60. The lowest BCUT2D eigenvalue weighted by atomic mass is 10.0. The Morgan fingerprint density at radius 3 is 2.77 bits per heavy atom. The molecule has 1 atom stereocenters. The van der Waals surface area contributed by atoms with Gasteiger partial charge in [-0.05, 0) is 49.9 Å². The Bertz CT molecular complexity index is 804. The molecule has 138 valence electrons. The van der Waals surface area contributed by atoms with Crippen LogP contribution in [0.25, 0.3) is 10.6 Å². The fourth-order valence-corrected chi connectivity index (χ4v) is 3.97. The van der Waals surface area contributed by atoms with Gasteiger partial charge in [0.1, 0.15) is 15.7 Å². The van der Waals surface area contributed by atoms with Gasteiger partial charge in [-0.25, -0.2) is 14.2 Å². The van der Waals surface area contributed by atoms with Gasteiger partial charge in [0.05, 0.1) is 5.69 Å². The van der Waals surface area contributed by atoms with Gasteiger partial charge >= 0.3 is 5.97 Å². The Morgan fingerprint density at radius 2 is 2.08 bits per heavy atom. The third-order valence-electron chi connectivity index (χ3n) is 4.41. The second kappa shape index (κ2) is 7.95. The van der Waals surface area contributed by atoms with Crippen LogP contribution in [0, 0.1) is 18.7 Å². The molecule has 0 aliphatic carbocycles. The van der Waals surface area contributed by atoms with Crippen molar-refractivity contribution in [3.05, 3.63) is 40.7 Å². The summed E-state index contributed by atoms with van der Waals surface area (Å²) >= 11 is 1.18. The number of thiazole rings is 1. The number of halogens is 1. The van der Waals surface area contributed by atoms with E-state index >= 15 is 0 Å². The molecule has 1 aliphatic rings. The molecule has 1 amide bonds. The number of benzene rings is 1. The maximum Gasteiger partial charge on any atom is 0.350 e. The summed E-state index contributed by atoms with van der Waals surface area (Å²) in [6.07, 6.45) is 2.10. The van der Waals surface area contributed by atoms with Gasteiger partial charge in [0.15, 0.2) is 6.61 Å². The summed E-state index contributed by atoms with van der Waals surface area (Å²) in [6, 6.07) is 5.93. The molecule has 0 bridgehead atoms. The summed E-state index contributed by atoms with van der Waals surface area (Å²) in [4.78, 5) is 31.0. The van der Waals surface area contributed by atoms with Crippen molar-refractivity contribution in [1.29, 1.82) is 0 Å². The van der Waals surface area contributed by atoms with Crippen LogP contribution in [0.2, 0.25) is 0 Å². The first-order valence-electron chi connectivity index (χ1n) is 8.62. The Labute approximate surface area is 155 Å². The Hall–Kier alpha value is -2.28. The van der Waals surface area contributed by atoms with E-state index in [-0.39, 0.29) is 18.3 Å². The topological polar surface area (TPSA) is 59.5 Å². The quantitative estimate of drug-likeness (QED) is 0.764. The highest BCUT2D eigenvalue weighted by molar-refractivity contribution is 7.17. The Kier molecular flexibility index (Phi) is 5.66. The number of rotatable bonds is 4. The molecule has 26 heavy (non-hydrogen) atoms. The number of carbonyl (C=O) groups excluding carboxylic acids is 2. The average Bonchev–Trinajstić information content (AvgIpc) is 3.02. The predicted molar refractivity (Wildman–Crippen MR) is 97.5 cm³/mol. The number of likely N-dealkylation sites (tertiary alicyclic amines) is 1. The molecule has 1 aromatic carbocycles. The monoisotopic (exact) mass is 376 g/mol. The smallest absolute Gasteiger partial charge is 0.350 e. The van der Waals surface area contributed by atoms with Crippen LogP contribution in [0.15, 0.2) is 24.3 Å². The van der Waals surface area contributed by atoms with Gasteiger partial charge in [-0.1, -0.05) is 6.92 Å². The van der Waals surface area contributed by atoms with Gasteiger partial charge in [-0.2, -0.15) is 0 Å². The van der Waals surface area contributed by atoms with Crippen molar-refractivity contribution in [3.8, 4) is 10.6 Å². The molecule has 3 rings (SSSR count). The highest BCUT2D eigenvalue weighted by Gasteiger charge is 2.23. The standard InChI is InChI=1S/C19H21FN2O3S/c1-12-4-3-9-22(10-12)16(23)11-25-19(24)17-13(2)21-18(26-17)14-5-7-15(20)8-6-14/h5-8,12H,3-4,9-11H2,1-2H3/t12-/m0/s1. The van der Waals surface area contributed by atoms with Crippen molar-refractivity contribution in [2.45, 2.75) is 26.7 Å². The number of ether oxygens (including phenoxy) is 1. The number of esters is 1. The molecule has 0 spiro atoms. The number of hydrogen-bond donors (Lipinski definition) is 0. The molecule has 2 aromatic rings. The van der Waals surface area contributed by atoms with Crippen LogP contribution >= 0.6 is 11.3 Å². The molecule has 1 fully saturated rings. The van der Waals surface area contributed by atoms with Crippen molar-refractivity contribution < 1.29 is 18.7 Å². The molecule has 5 nitrogen and oxygen atoms in total. The van der Waals surface area contributed by atoms with E-state index in [0.717, 1.165) is 24.9 Å². The largest absolute Gasteiger partial charge is 0.451 e. The normalized spacial score (nSPS) is 17.2. The van der Waals surface area contributed by atoms with Gasteiger partial charge in [0, 0.05) is 18.7 Å². The first-order valence-corrected chi connectivity index (χ1v) is 9.44. The number of amides is 1. The zero-order valence-corrected chi connectivity index (χ0v) is 15.6. The van der Waals surface area contributed by atoms with Crippen LogP contribution in [-0.4, -0.2) is 41.5 Å². The summed E-state index contributed by atoms with van der Waals surface area (Å²) < 4.78 is 18.2. The van der Waals surface area contributed by atoms with E-state index < -0.39 is 5.97 Å². The molecule has 1 saturated heterocycles. The van der Waals surface area contributed by atoms with Crippen LogP contribution in [0.5, 0.6) is 0 Å². The van der Waals surface area contributed by atoms with Crippen molar-refractivity contribution in [1.82, 2.24) is 9.88 Å². The first kappa shape index (κ1) is 18.5. The van der Waals surface area contributed by atoms with Crippen molar-refractivity contribution in [2.24, 2.45) is 5.92 Å². The molecule has 0 saturated carbocycles. The summed E-state index contributed by atoms with van der Waals surface area (Å²) in [5, 5.41) is 0.616. The highest BCUT2D eigenvalue weighted by atomic mass is 32.1. The summed E-state index contributed by atoms with van der Waals surface area (Å²) in [6.45, 7) is 5.01. The zero-order valence-electron chi connectivity index (χ0n) is 14.8. The summed E-state index contributed by atoms with van der Waals surface area (Å²) in [7, 11) is 0. The van der Waals surface area contributed by atoms with E-state index in [1.807, 2.05) is 0 Å². The third kappa shape index (κ3) is 4.27. The van der Waals surface area contributed by atoms with E-state index in [1.54, 1.807) is 24.0 Å². The van der Waals surface area contributed by atoms with Gasteiger partial charge in [-0.3, -0.25) is 4.79 Å². The molecular formula is C19H21FN2O3S. The van der Waals surface area contributed by atoms with Gasteiger partial charge in [0.25, 0.3) is 5.91 Å². The predicted octanol–water partition coefficient (Wildman–Crippen LogP) is 3.67. The van der Waals surface area contributed by atoms with Crippen LogP contribution in [0.4, 0.5) is 4.39 Å². The van der Waals surface area contributed by atoms with Crippen molar-refractivity contribution in [3.63, 3.8) is 0 Å². The van der Waals surface area contributed by atoms with Crippen molar-refractivity contribution >= 4 is 23.2 Å². The summed E-state index contributed by atoms with van der Waals surface area (Å²) in [5.74, 6) is -0.560. The van der Waals surface area contributed by atoms with E-state index in [1.165, 1.54) is 23.5 Å². The lowest BCUT2D eigenvalue weighted by molar-refractivity contribution is -0.136. The molecule has 7 heteroatoms. The fraction of sp³-hybridized carbons (Fsp3) is 0.421. The minimum atomic E-state index is -0.549. The molecule has 1 aromatic heterocycles. The first-order chi connectivity index (χ1) is 12.4. The molecular weight excluding hydrogens is 355 g/mol. The molecule has 0 N–H and O–H groups in total. The van der Waals surface area contributed by atoms with E-state index in [9.17, 15) is 14.0 Å². The van der Waals surface area contributed by atoms with E-state index in [2.05, 4.69) is 11.9 Å². The lowest BCUT2D eigenvalue weighted by Gasteiger charge is -2.30. The SMILES string of the molecule is Cc1nc(-c2ccc(F)cc2)sc1C(=O)OCC(=O)N1CCC[C@H](C)C1. The number of piperidine rings is 1. The van der Waals surface area contributed by atoms with Crippen LogP contribution in [0.1, 0.15) is 35.1 Å². The van der Waals surface area contributed by atoms with Gasteiger partial charge in [0.2, 0.25) is 0 Å². The fourth-order valence-electron chi connectivity index (χ4n) is 3.00. The van der Waals surface area contributed by atoms with Gasteiger partial charge in [-0.15, -0.1) is 11.3 Å². The molecule has 1 aliphatic heterocycles. The second-order valence-electron chi connectivity index (χ2n) is 6.60. The highest BCUT2D eigenvalue weighted by Crippen LogP contribution is 2.28. The number of aryl methyl sites for hydroxylation is 1. The minimum absolute atomic E-state index is 0.161. The minimum Gasteiger partial charge on any atom is -0.451 e. The Balaban J connectivity index is 1.63. The van der Waals surface area contributed by atoms with Crippen LogP contribution in [-0.2, 0) is 9.53 Å². The molecule has 0 unspecified atom stereocenters. The number of hydrogen-bond acceptors (Lipinski definition) is 5. The van der Waals surface area contributed by atoms with Crippen LogP contribution < -0.4 is 0 Å². The Morgan fingerprint density at radius 1 is 1.35 bits per heavy atom. The average molecular weight is 376 g/mol. The van der Waals surface area contributed by atoms with Crippen molar-refractivity contribution in [2.75, 3.05) is 19.7 Å². The zero-order chi connectivity index (χ0) is 18.7. The number of aromatic nitrogens is 1. The molecule has 0 radical (unpaired) electrons. The number of carbonyl (C=O) groups is 2.